The van der Waals surface area contributed by atoms with E-state index in [4.69, 9.17) is 75.8 Å². The Morgan fingerprint density at radius 3 is 1.15 bits per heavy atom. The molecule has 0 bridgehead atoms. The van der Waals surface area contributed by atoms with E-state index < -0.39 is 84.3 Å². The van der Waals surface area contributed by atoms with Crippen LogP contribution in [-0.4, -0.2) is 311 Å². The highest BCUT2D eigenvalue weighted by Gasteiger charge is 2.48. The molecule has 5 heterocycles. The highest BCUT2D eigenvalue weighted by Crippen LogP contribution is 2.45. The van der Waals surface area contributed by atoms with E-state index in [1.165, 1.54) is 53.2 Å². The van der Waals surface area contributed by atoms with E-state index in [1.54, 1.807) is 81.9 Å². The second-order valence-electron chi connectivity index (χ2n) is 37.0. The average Bonchev–Trinajstić information content (AvgIpc) is 1.59. The lowest BCUT2D eigenvalue weighted by Gasteiger charge is -2.31. The van der Waals surface area contributed by atoms with Crippen LogP contribution in [0.25, 0.3) is 0 Å². The number of rotatable bonds is 67. The first kappa shape index (κ1) is 115. The van der Waals surface area contributed by atoms with Gasteiger partial charge in [-0.05, 0) is 112 Å². The highest BCUT2D eigenvalue weighted by atomic mass is 16.6. The number of ether oxygens (including phenoxy) is 16. The van der Waals surface area contributed by atoms with Gasteiger partial charge in [0.15, 0.2) is 47.0 Å². The number of hydrogen-bond acceptors (Lipinski definition) is 31. The lowest BCUT2D eigenvalue weighted by molar-refractivity contribution is -0.140. The Morgan fingerprint density at radius 2 is 0.790 bits per heavy atom. The Hall–Kier alpha value is -11.2. The molecule has 39 heteroatoms. The number of anilines is 2. The van der Waals surface area contributed by atoms with Crippen molar-refractivity contribution in [2.75, 3.05) is 183 Å². The first-order valence-corrected chi connectivity index (χ1v) is 49.3. The molecule has 0 radical (unpaired) electrons. The number of nitrogens with zero attached hydrogens (tertiary/aromatic N) is 5. The minimum Gasteiger partial charge on any atom is -0.493 e. The van der Waals surface area contributed by atoms with Gasteiger partial charge in [0.1, 0.15) is 24.8 Å². The summed E-state index contributed by atoms with van der Waals surface area (Å²) in [6.07, 6.45) is 0.526. The summed E-state index contributed by atoms with van der Waals surface area (Å²) in [5.74, 6) is -4.62. The van der Waals surface area contributed by atoms with Crippen molar-refractivity contribution < 1.29 is 148 Å². The van der Waals surface area contributed by atoms with Crippen molar-refractivity contribution >= 4 is 88.0 Å². The molecule has 5 aliphatic rings. The Balaban J connectivity index is 0.647. The van der Waals surface area contributed by atoms with Gasteiger partial charge >= 0.3 is 12.2 Å². The second-order valence-corrected chi connectivity index (χ2v) is 37.0. The number of ketones is 4. The largest absolute Gasteiger partial charge is 0.493 e. The molecule has 9 rings (SSSR count). The number of likely N-dealkylation sites (tertiary alicyclic amines) is 1. The van der Waals surface area contributed by atoms with Crippen molar-refractivity contribution in [3.63, 3.8) is 0 Å². The number of imide groups is 1. The molecule has 1 unspecified atom stereocenters. The zero-order valence-corrected chi connectivity index (χ0v) is 84.9. The van der Waals surface area contributed by atoms with Crippen molar-refractivity contribution in [2.45, 2.75) is 203 Å². The number of hydrogen-bond donors (Lipinski definition) is 5. The minimum atomic E-state index is -1.59. The summed E-state index contributed by atoms with van der Waals surface area (Å²) in [6.45, 7) is 24.5. The first-order chi connectivity index (χ1) is 68.7. The zero-order valence-electron chi connectivity index (χ0n) is 84.9. The number of aliphatic hydroxyl groups excluding tert-OH is 2. The van der Waals surface area contributed by atoms with Gasteiger partial charge in [0.2, 0.25) is 29.5 Å². The predicted octanol–water partition coefficient (Wildman–Crippen LogP) is 9.33. The molecule has 0 aromatic heterocycles. The van der Waals surface area contributed by atoms with Crippen LogP contribution in [0.4, 0.5) is 21.0 Å². The summed E-state index contributed by atoms with van der Waals surface area (Å²) in [4.78, 5) is 181. The summed E-state index contributed by atoms with van der Waals surface area (Å²) >= 11 is 0. The SMILES string of the molecule is COCCOCCC(=O)C[C@H](C(=O)N[C@@H](C)C(=O)Cc1ccc(COC(=O)N2c3cc(OCCCCCOc4cc5c(cc4OC)C(=O)N4C=C(C)C[C@H]4[C@H](O)N5C(=O)OCc4ccc(CC(=O)[C@H](C)NC(=O)[C@@H](CC(=O)CCOCCOCCOCCOCCOCCOCCOCCOCCNC(=O)CCN5C(=O)CC(C(C)C)C5=O)C(C)C)cc4)c(OC)cc3C(=O)N3C=C(C)C[C@H]3[C@@H]2O)cc1)C(C)C. The molecule has 5 aliphatic heterocycles. The van der Waals surface area contributed by atoms with Crippen molar-refractivity contribution in [1.29, 1.82) is 0 Å². The van der Waals surface area contributed by atoms with E-state index >= 15 is 0 Å². The number of carbonyl (C=O) groups is 13. The van der Waals surface area contributed by atoms with E-state index in [0.29, 0.717) is 147 Å². The molecular weight excluding hydrogens is 1860 g/mol. The molecule has 788 valence electrons. The molecule has 5 N–H and O–H groups in total. The summed E-state index contributed by atoms with van der Waals surface area (Å²) in [7, 11) is 4.37. The molecule has 4 aromatic rings. The summed E-state index contributed by atoms with van der Waals surface area (Å²) in [5, 5.41) is 32.6. The fourth-order valence-corrected chi connectivity index (χ4v) is 16.7. The standard InChI is InChI=1S/C104H146N8O31/c1-66(2)79(55-77(113)26-32-131-36-35-128-11)96(119)106-71(9)88(115)53-73-17-21-75(22-18-73)64-142-103(126)111-84-60-92(90(129-12)57-82(84)99(122)109-62-69(7)51-86(109)101(111)124)140-30-15-14-16-31-141-93-61-85-83(58-91(93)130-13)100(123)110-63-70(8)52-87(110)102(125)112(85)104(127)143-65-76-23-19-74(20-24-76)54-89(116)72(10)107-97(120)80(67(3)4)56-78(114)27-33-132-37-39-134-41-43-136-45-47-138-49-50-139-48-46-137-44-42-135-40-38-133-34-28-105-94(117)25-29-108-95(118)59-81(68(5)6)98(108)121/h17-24,57-58,60-63,66-68,71-72,79-81,86-87,101-102,124-125H,14-16,25-56,59,64-65H2,1-13H3,(H,105,117)(H,106,119)(H,107,120)/t71-,72-,79-,80-,81?,86-,87-,101-,102-/m0/s1. The van der Waals surface area contributed by atoms with E-state index in [2.05, 4.69) is 16.0 Å². The van der Waals surface area contributed by atoms with Gasteiger partial charge in [0.25, 0.3) is 11.8 Å². The van der Waals surface area contributed by atoms with Crippen molar-refractivity contribution in [1.82, 2.24) is 30.7 Å². The molecule has 0 saturated carbocycles. The number of amides is 9. The van der Waals surface area contributed by atoms with E-state index in [-0.39, 0.29) is 234 Å². The average molecular weight is 2000 g/mol. The zero-order chi connectivity index (χ0) is 104. The number of nitrogens with one attached hydrogen (secondary N) is 3. The summed E-state index contributed by atoms with van der Waals surface area (Å²) in [6, 6.07) is 15.9. The molecule has 1 saturated heterocycles. The van der Waals surface area contributed by atoms with E-state index in [1.807, 2.05) is 55.4 Å². The van der Waals surface area contributed by atoms with Crippen LogP contribution in [0.1, 0.15) is 183 Å². The Labute approximate surface area is 836 Å². The topological polar surface area (TPSA) is 462 Å². The molecular formula is C104H146N8O31. The minimum absolute atomic E-state index is 0.00695. The van der Waals surface area contributed by atoms with Crippen LogP contribution in [-0.2, 0) is 126 Å². The van der Waals surface area contributed by atoms with Gasteiger partial charge in [0.05, 0.1) is 200 Å². The number of aliphatic hydroxyl groups is 2. The molecule has 9 atom stereocenters. The van der Waals surface area contributed by atoms with Gasteiger partial charge in [-0.15, -0.1) is 0 Å². The van der Waals surface area contributed by atoms with Gasteiger partial charge in [-0.25, -0.2) is 19.4 Å². The Bertz CT molecular complexity index is 4920. The summed E-state index contributed by atoms with van der Waals surface area (Å²) < 4.78 is 90.7. The molecule has 4 aromatic carbocycles. The fraction of sp³-hybridized carbons (Fsp3) is 0.606. The van der Waals surface area contributed by atoms with Crippen molar-refractivity contribution in [2.24, 2.45) is 35.5 Å². The number of methoxy groups -OCH3 is 3. The van der Waals surface area contributed by atoms with Crippen LogP contribution in [0.3, 0.4) is 0 Å². The maximum Gasteiger partial charge on any atom is 0.416 e. The second kappa shape index (κ2) is 59.9. The number of carbonyl (C=O) groups excluding carboxylic acids is 13. The third kappa shape index (κ3) is 35.6. The number of unbranched alkanes of at least 4 members (excludes halogenated alkanes) is 2. The van der Waals surface area contributed by atoms with Gasteiger partial charge < -0.3 is 112 Å². The fourth-order valence-electron chi connectivity index (χ4n) is 16.7. The normalized spacial score (nSPS) is 17.4. The molecule has 0 aliphatic carbocycles. The van der Waals surface area contributed by atoms with Gasteiger partial charge in [-0.1, -0.05) is 101 Å². The lowest BCUT2D eigenvalue weighted by Crippen LogP contribution is -2.50. The Kier molecular flexibility index (Phi) is 48.3. The monoisotopic (exact) mass is 2000 g/mol. The third-order valence-corrected chi connectivity index (χ3v) is 25.1. The number of fused-ring (bicyclic) bond motifs is 4. The molecule has 0 spiro atoms. The lowest BCUT2D eigenvalue weighted by atomic mass is 9.88. The van der Waals surface area contributed by atoms with Crippen LogP contribution < -0.4 is 44.7 Å². The first-order valence-electron chi connectivity index (χ1n) is 49.3. The van der Waals surface area contributed by atoms with Crippen LogP contribution in [0.5, 0.6) is 23.0 Å². The maximum atomic E-state index is 14.5. The van der Waals surface area contributed by atoms with Crippen LogP contribution in [0.15, 0.2) is 96.3 Å². The molecule has 1 fully saturated rings. The van der Waals surface area contributed by atoms with Crippen LogP contribution >= 0.6 is 0 Å². The van der Waals surface area contributed by atoms with E-state index in [9.17, 15) is 72.5 Å². The van der Waals surface area contributed by atoms with Crippen molar-refractivity contribution in [3.05, 3.63) is 130 Å². The number of benzene rings is 4. The third-order valence-electron chi connectivity index (χ3n) is 25.1. The molecule has 39 nitrogen and oxygen atoms in total. The number of Topliss-reactive ketones (excluding diaryl/α,β-unsaturated/α-hetero) is 4. The van der Waals surface area contributed by atoms with Crippen LogP contribution in [0.2, 0.25) is 0 Å². The van der Waals surface area contributed by atoms with Gasteiger partial charge in [-0.3, -0.25) is 57.6 Å². The van der Waals surface area contributed by atoms with Gasteiger partial charge in [0, 0.05) is 114 Å². The molecule has 9 amide bonds. The maximum absolute atomic E-state index is 14.5. The van der Waals surface area contributed by atoms with E-state index in [0.717, 1.165) is 20.9 Å². The molecule has 143 heavy (non-hydrogen) atoms. The predicted molar refractivity (Wildman–Crippen MR) is 522 cm³/mol. The quantitative estimate of drug-likeness (QED) is 0.0203. The summed E-state index contributed by atoms with van der Waals surface area (Å²) in [5.41, 5.74) is 4.01. The van der Waals surface area contributed by atoms with Crippen LogP contribution in [0, 0.1) is 35.5 Å². The highest BCUT2D eigenvalue weighted by molar-refractivity contribution is 6.08. The Morgan fingerprint density at radius 1 is 0.427 bits per heavy atom. The van der Waals surface area contributed by atoms with Gasteiger partial charge in [-0.2, -0.15) is 0 Å². The van der Waals surface area contributed by atoms with Crippen molar-refractivity contribution in [3.8, 4) is 23.0 Å². The smallest absolute Gasteiger partial charge is 0.416 e.